The molecule has 2 aliphatic carbocycles. The molecule has 2 aliphatic rings. The summed E-state index contributed by atoms with van der Waals surface area (Å²) in [7, 11) is 0. The highest BCUT2D eigenvalue weighted by Gasteiger charge is 2.33. The zero-order valence-corrected chi connectivity index (χ0v) is 19.1. The highest BCUT2D eigenvalue weighted by molar-refractivity contribution is 5.85. The third kappa shape index (κ3) is 5.44. The Balaban J connectivity index is 1.54. The van der Waals surface area contributed by atoms with Crippen LogP contribution in [0.3, 0.4) is 0 Å². The molecule has 0 unspecified atom stereocenters. The van der Waals surface area contributed by atoms with Crippen molar-refractivity contribution in [2.45, 2.75) is 77.0 Å². The van der Waals surface area contributed by atoms with Gasteiger partial charge in [-0.1, -0.05) is 38.3 Å². The molecule has 0 atom stereocenters. The van der Waals surface area contributed by atoms with Crippen molar-refractivity contribution in [2.75, 3.05) is 0 Å². The second kappa shape index (κ2) is 10.0. The number of hydrogen-bond donors (Lipinski definition) is 0. The van der Waals surface area contributed by atoms with E-state index in [1.807, 2.05) is 0 Å². The van der Waals surface area contributed by atoms with E-state index in [0.29, 0.717) is 22.6 Å². The van der Waals surface area contributed by atoms with Gasteiger partial charge < -0.3 is 4.74 Å². The van der Waals surface area contributed by atoms with Gasteiger partial charge in [0, 0.05) is 5.56 Å². The van der Waals surface area contributed by atoms with Gasteiger partial charge in [-0.15, -0.1) is 13.2 Å². The van der Waals surface area contributed by atoms with Crippen LogP contribution in [0.15, 0.2) is 24.3 Å². The molecule has 0 aromatic heterocycles. The first-order chi connectivity index (χ1) is 16.2. The van der Waals surface area contributed by atoms with Gasteiger partial charge in [-0.25, -0.2) is 13.2 Å². The molecule has 0 saturated heterocycles. The van der Waals surface area contributed by atoms with Crippen LogP contribution in [-0.2, 0) is 6.42 Å². The second-order valence-electron chi connectivity index (χ2n) is 9.38. The molecule has 7 heteroatoms. The topological polar surface area (TPSA) is 9.23 Å². The lowest BCUT2D eigenvalue weighted by molar-refractivity contribution is -0.275. The summed E-state index contributed by atoms with van der Waals surface area (Å²) in [6, 6.07) is 4.98. The van der Waals surface area contributed by atoms with Gasteiger partial charge in [0.15, 0.2) is 11.6 Å². The Labute approximate surface area is 195 Å². The number of ether oxygens (including phenoxy) is 1. The molecule has 1 nitrogen and oxygen atoms in total. The van der Waals surface area contributed by atoms with Gasteiger partial charge in [0.05, 0.1) is 0 Å². The molecule has 2 aromatic rings. The third-order valence-corrected chi connectivity index (χ3v) is 7.11. The second-order valence-corrected chi connectivity index (χ2v) is 9.38. The van der Waals surface area contributed by atoms with Gasteiger partial charge in [0.25, 0.3) is 0 Å². The van der Waals surface area contributed by atoms with E-state index in [1.165, 1.54) is 43.5 Å². The molecule has 1 fully saturated rings. The summed E-state index contributed by atoms with van der Waals surface area (Å²) in [6.45, 7) is 2.18. The van der Waals surface area contributed by atoms with E-state index in [-0.39, 0.29) is 29.9 Å². The Bertz CT molecular complexity index is 1040. The average molecular weight is 483 g/mol. The van der Waals surface area contributed by atoms with Crippen molar-refractivity contribution in [1.82, 2.24) is 0 Å². The third-order valence-electron chi connectivity index (χ3n) is 7.11. The minimum atomic E-state index is -5.01. The molecule has 4 rings (SSSR count). The average Bonchev–Trinajstić information content (AvgIpc) is 2.78. The van der Waals surface area contributed by atoms with Crippen LogP contribution in [0.5, 0.6) is 5.75 Å². The quantitative estimate of drug-likeness (QED) is 0.374. The lowest BCUT2D eigenvalue weighted by Crippen LogP contribution is -2.18. The Morgan fingerprint density at radius 2 is 1.62 bits per heavy atom. The first-order valence-corrected chi connectivity index (χ1v) is 11.9. The Kier molecular flexibility index (Phi) is 7.29. The van der Waals surface area contributed by atoms with Crippen LogP contribution < -0.4 is 4.74 Å². The van der Waals surface area contributed by atoms with Crippen molar-refractivity contribution < 1.29 is 31.1 Å². The number of rotatable bonds is 6. The summed E-state index contributed by atoms with van der Waals surface area (Å²) >= 11 is 0. The Morgan fingerprint density at radius 3 is 2.24 bits per heavy atom. The van der Waals surface area contributed by atoms with Crippen LogP contribution in [0.1, 0.15) is 86.5 Å². The highest BCUT2D eigenvalue weighted by Crippen LogP contribution is 2.41. The van der Waals surface area contributed by atoms with Crippen molar-refractivity contribution in [3.8, 4) is 5.75 Å². The molecule has 184 valence electrons. The molecule has 34 heavy (non-hydrogen) atoms. The van der Waals surface area contributed by atoms with Crippen LogP contribution in [0.4, 0.5) is 26.3 Å². The molecular weight excluding hydrogens is 454 g/mol. The van der Waals surface area contributed by atoms with Crippen LogP contribution in [0.25, 0.3) is 11.6 Å². The standard InChI is InChI=1S/C27H28F6O/c1-2-3-4-16-5-7-17(8-6-16)20-14-22(28)25(23(29)15-20)19-9-11-21-18(13-19)10-12-24(26(21)30)34-27(31,32)33/h10,12-17H,2-9,11H2,1H3. The van der Waals surface area contributed by atoms with Gasteiger partial charge in [-0.2, -0.15) is 0 Å². The molecular formula is C27H28F6O. The number of halogens is 6. The number of hydrogen-bond acceptors (Lipinski definition) is 1. The molecule has 0 bridgehead atoms. The summed E-state index contributed by atoms with van der Waals surface area (Å²) in [4.78, 5) is 0. The molecule has 0 spiro atoms. The van der Waals surface area contributed by atoms with Crippen LogP contribution >= 0.6 is 0 Å². The minimum absolute atomic E-state index is 0.0183. The van der Waals surface area contributed by atoms with Crippen molar-refractivity contribution in [3.05, 3.63) is 64.0 Å². The number of alkyl halides is 3. The van der Waals surface area contributed by atoms with Gasteiger partial charge in [0.1, 0.15) is 11.6 Å². The van der Waals surface area contributed by atoms with Crippen LogP contribution in [0.2, 0.25) is 0 Å². The molecule has 1 saturated carbocycles. The summed E-state index contributed by atoms with van der Waals surface area (Å²) in [5, 5.41) is 0. The summed E-state index contributed by atoms with van der Waals surface area (Å²) in [5.41, 5.74) is 1.22. The predicted molar refractivity (Wildman–Crippen MR) is 120 cm³/mol. The summed E-state index contributed by atoms with van der Waals surface area (Å²) in [5.74, 6) is -2.49. The number of allylic oxidation sites excluding steroid dienone is 1. The number of unbranched alkanes of at least 4 members (excludes halogenated alkanes) is 1. The lowest BCUT2D eigenvalue weighted by atomic mass is 9.76. The smallest absolute Gasteiger partial charge is 0.403 e. The van der Waals surface area contributed by atoms with Crippen molar-refractivity contribution in [1.29, 1.82) is 0 Å². The van der Waals surface area contributed by atoms with Gasteiger partial charge in [-0.3, -0.25) is 0 Å². The van der Waals surface area contributed by atoms with E-state index in [4.69, 9.17) is 0 Å². The van der Waals surface area contributed by atoms with Crippen molar-refractivity contribution in [2.24, 2.45) is 5.92 Å². The zero-order chi connectivity index (χ0) is 24.5. The normalized spacial score (nSPS) is 20.6. The fourth-order valence-electron chi connectivity index (χ4n) is 5.34. The molecule has 0 aliphatic heterocycles. The number of benzene rings is 2. The van der Waals surface area contributed by atoms with Crippen molar-refractivity contribution in [3.63, 3.8) is 0 Å². The monoisotopic (exact) mass is 482 g/mol. The van der Waals surface area contributed by atoms with Gasteiger partial charge >= 0.3 is 6.36 Å². The Morgan fingerprint density at radius 1 is 0.941 bits per heavy atom. The van der Waals surface area contributed by atoms with Crippen LogP contribution in [0, 0.1) is 23.4 Å². The van der Waals surface area contributed by atoms with E-state index < -0.39 is 29.6 Å². The van der Waals surface area contributed by atoms with Gasteiger partial charge in [0.2, 0.25) is 0 Å². The first kappa shape index (κ1) is 24.7. The van der Waals surface area contributed by atoms with E-state index in [9.17, 15) is 17.6 Å². The van der Waals surface area contributed by atoms with E-state index in [1.54, 1.807) is 0 Å². The van der Waals surface area contributed by atoms with Gasteiger partial charge in [-0.05, 0) is 90.8 Å². The minimum Gasteiger partial charge on any atom is -0.403 e. The van der Waals surface area contributed by atoms with E-state index in [0.717, 1.165) is 31.7 Å². The maximum absolute atomic E-state index is 15.1. The first-order valence-electron chi connectivity index (χ1n) is 11.9. The zero-order valence-electron chi connectivity index (χ0n) is 19.1. The Hall–Kier alpha value is -2.44. The molecule has 0 N–H and O–H groups in total. The molecule has 0 heterocycles. The maximum Gasteiger partial charge on any atom is 0.573 e. The van der Waals surface area contributed by atoms with Crippen molar-refractivity contribution >= 4 is 11.6 Å². The molecule has 0 amide bonds. The molecule has 2 aromatic carbocycles. The predicted octanol–water partition coefficient (Wildman–Crippen LogP) is 8.95. The number of fused-ring (bicyclic) bond motifs is 1. The highest BCUT2D eigenvalue weighted by atomic mass is 19.4. The van der Waals surface area contributed by atoms with Crippen LogP contribution in [-0.4, -0.2) is 6.36 Å². The van der Waals surface area contributed by atoms with E-state index in [2.05, 4.69) is 11.7 Å². The fraction of sp³-hybridized carbons (Fsp3) is 0.481. The summed E-state index contributed by atoms with van der Waals surface area (Å²) < 4.78 is 85.9. The summed E-state index contributed by atoms with van der Waals surface area (Å²) in [6.07, 6.45) is 4.15. The van der Waals surface area contributed by atoms with E-state index >= 15 is 8.78 Å². The maximum atomic E-state index is 15.1. The lowest BCUT2D eigenvalue weighted by Gasteiger charge is -2.29. The SMILES string of the molecule is CCCCC1CCC(c2cc(F)c(C3=Cc4ccc(OC(F)(F)F)c(F)c4CC3)c(F)c2)CC1. The largest absolute Gasteiger partial charge is 0.573 e. The molecule has 0 radical (unpaired) electrons. The fourth-order valence-corrected chi connectivity index (χ4v) is 5.34.